The van der Waals surface area contributed by atoms with Crippen LogP contribution in [0.1, 0.15) is 26.5 Å². The SMILES string of the molecule is CC(C)(C)c1nc2nc(-c3ccccc3-c3ccc(F)cc3)c(-c3ccc(F)cc3)cc2c2[nH][nH]c(=O)c12. The van der Waals surface area contributed by atoms with Gasteiger partial charge in [0.2, 0.25) is 0 Å². The first-order chi connectivity index (χ1) is 18.2. The Morgan fingerprint density at radius 1 is 0.711 bits per heavy atom. The standard InChI is InChI=1S/C31H24F2N4O/c1-31(2,3)28-25-27(36-37-30(25)38)24-16-23(18-10-14-20(33)15-11-18)26(34-29(24)35-28)22-7-5-4-6-21(22)17-8-12-19(32)13-9-17/h4-16H,1-3H3,(H2,36,37,38). The third-order valence-electron chi connectivity index (χ3n) is 6.71. The minimum atomic E-state index is -0.412. The Bertz CT molecular complexity index is 1880. The first kappa shape index (κ1) is 23.7. The van der Waals surface area contributed by atoms with Crippen LogP contribution in [-0.4, -0.2) is 20.2 Å². The Labute approximate surface area is 217 Å². The quantitative estimate of drug-likeness (QED) is 0.263. The van der Waals surface area contributed by atoms with E-state index in [-0.39, 0.29) is 17.2 Å². The second kappa shape index (κ2) is 8.73. The third-order valence-corrected chi connectivity index (χ3v) is 6.71. The van der Waals surface area contributed by atoms with Crippen molar-refractivity contribution in [2.45, 2.75) is 26.2 Å². The molecule has 7 heteroatoms. The van der Waals surface area contributed by atoms with Gasteiger partial charge in [-0.3, -0.25) is 15.0 Å². The van der Waals surface area contributed by atoms with Crippen LogP contribution in [0.3, 0.4) is 0 Å². The molecule has 3 aromatic carbocycles. The molecule has 2 N–H and O–H groups in total. The highest BCUT2D eigenvalue weighted by molar-refractivity contribution is 6.06. The van der Waals surface area contributed by atoms with Crippen molar-refractivity contribution in [1.29, 1.82) is 0 Å². The molecule has 0 bridgehead atoms. The summed E-state index contributed by atoms with van der Waals surface area (Å²) in [6, 6.07) is 22.2. The van der Waals surface area contributed by atoms with Crippen LogP contribution >= 0.6 is 0 Å². The molecule has 0 atom stereocenters. The van der Waals surface area contributed by atoms with Crippen LogP contribution in [0.5, 0.6) is 0 Å². The molecule has 0 unspecified atom stereocenters. The lowest BCUT2D eigenvalue weighted by atomic mass is 9.88. The zero-order valence-electron chi connectivity index (χ0n) is 21.1. The largest absolute Gasteiger partial charge is 0.297 e. The number of nitrogens with one attached hydrogen (secondary N) is 2. The van der Waals surface area contributed by atoms with Gasteiger partial charge in [0.1, 0.15) is 11.6 Å². The molecule has 0 aliphatic rings. The molecule has 0 aliphatic heterocycles. The third kappa shape index (κ3) is 3.96. The molecule has 6 rings (SSSR count). The van der Waals surface area contributed by atoms with Crippen LogP contribution in [0, 0.1) is 11.6 Å². The number of fused-ring (bicyclic) bond motifs is 3. The van der Waals surface area contributed by atoms with E-state index in [1.54, 1.807) is 24.3 Å². The number of rotatable bonds is 3. The van der Waals surface area contributed by atoms with E-state index in [1.807, 2.05) is 51.1 Å². The van der Waals surface area contributed by atoms with Crippen LogP contribution in [0.25, 0.3) is 55.4 Å². The average molecular weight is 507 g/mol. The molecule has 0 saturated carbocycles. The molecule has 0 aliphatic carbocycles. The van der Waals surface area contributed by atoms with Crippen LogP contribution in [0.15, 0.2) is 83.7 Å². The summed E-state index contributed by atoms with van der Waals surface area (Å²) in [5, 5.41) is 6.89. The first-order valence-corrected chi connectivity index (χ1v) is 12.3. The van der Waals surface area contributed by atoms with Crippen LogP contribution in [0.4, 0.5) is 8.78 Å². The molecule has 0 spiro atoms. The van der Waals surface area contributed by atoms with Gasteiger partial charge in [-0.05, 0) is 47.0 Å². The van der Waals surface area contributed by atoms with E-state index in [9.17, 15) is 13.6 Å². The van der Waals surface area contributed by atoms with Crippen molar-refractivity contribution in [3.05, 3.63) is 107 Å². The van der Waals surface area contributed by atoms with E-state index in [1.165, 1.54) is 24.3 Å². The van der Waals surface area contributed by atoms with Crippen molar-refractivity contribution in [1.82, 2.24) is 20.2 Å². The molecule has 0 amide bonds. The Hall–Kier alpha value is -4.65. The Balaban J connectivity index is 1.73. The van der Waals surface area contributed by atoms with Gasteiger partial charge in [0, 0.05) is 21.9 Å². The van der Waals surface area contributed by atoms with E-state index >= 15 is 0 Å². The van der Waals surface area contributed by atoms with E-state index in [4.69, 9.17) is 9.97 Å². The highest BCUT2D eigenvalue weighted by Gasteiger charge is 2.25. The smallest absolute Gasteiger partial charge is 0.273 e. The lowest BCUT2D eigenvalue weighted by Crippen LogP contribution is -2.17. The number of aromatic amines is 2. The molecule has 0 radical (unpaired) electrons. The maximum Gasteiger partial charge on any atom is 0.273 e. The average Bonchev–Trinajstić information content (AvgIpc) is 3.29. The van der Waals surface area contributed by atoms with Crippen molar-refractivity contribution in [2.24, 2.45) is 0 Å². The van der Waals surface area contributed by atoms with Gasteiger partial charge in [-0.15, -0.1) is 0 Å². The second-order valence-corrected chi connectivity index (χ2v) is 10.4. The normalized spacial score (nSPS) is 11.9. The molecule has 6 aromatic rings. The van der Waals surface area contributed by atoms with Crippen LogP contribution < -0.4 is 5.56 Å². The van der Waals surface area contributed by atoms with Gasteiger partial charge in [-0.25, -0.2) is 18.7 Å². The minimum absolute atomic E-state index is 0.242. The number of hydrogen-bond donors (Lipinski definition) is 2. The number of nitrogens with zero attached hydrogens (tertiary/aromatic N) is 2. The van der Waals surface area contributed by atoms with Crippen LogP contribution in [0.2, 0.25) is 0 Å². The predicted octanol–water partition coefficient (Wildman–Crippen LogP) is 7.38. The van der Waals surface area contributed by atoms with Gasteiger partial charge >= 0.3 is 0 Å². The van der Waals surface area contributed by atoms with Gasteiger partial charge in [0.05, 0.1) is 22.3 Å². The monoisotopic (exact) mass is 506 g/mol. The van der Waals surface area contributed by atoms with Gasteiger partial charge < -0.3 is 0 Å². The van der Waals surface area contributed by atoms with Gasteiger partial charge in [-0.2, -0.15) is 0 Å². The number of benzene rings is 3. The Morgan fingerprint density at radius 2 is 1.29 bits per heavy atom. The molecule has 3 heterocycles. The predicted molar refractivity (Wildman–Crippen MR) is 147 cm³/mol. The lowest BCUT2D eigenvalue weighted by molar-refractivity contribution is 0.577. The summed E-state index contributed by atoms with van der Waals surface area (Å²) in [5.41, 5.74) is 5.78. The number of aromatic nitrogens is 4. The summed E-state index contributed by atoms with van der Waals surface area (Å²) in [7, 11) is 0. The number of hydrogen-bond acceptors (Lipinski definition) is 3. The Kier molecular flexibility index (Phi) is 5.45. The van der Waals surface area contributed by atoms with Gasteiger partial charge in [0.15, 0.2) is 5.65 Å². The van der Waals surface area contributed by atoms with Crippen molar-refractivity contribution in [3.63, 3.8) is 0 Å². The van der Waals surface area contributed by atoms with E-state index < -0.39 is 5.41 Å². The van der Waals surface area contributed by atoms with Gasteiger partial charge in [-0.1, -0.05) is 69.3 Å². The maximum atomic E-state index is 13.9. The number of pyridine rings is 2. The summed E-state index contributed by atoms with van der Waals surface area (Å²) < 4.78 is 27.6. The number of H-pyrrole nitrogens is 2. The highest BCUT2D eigenvalue weighted by Crippen LogP contribution is 2.40. The number of halogens is 2. The lowest BCUT2D eigenvalue weighted by Gasteiger charge is -2.20. The molecule has 0 saturated heterocycles. The minimum Gasteiger partial charge on any atom is -0.297 e. The Morgan fingerprint density at radius 3 is 1.89 bits per heavy atom. The fourth-order valence-corrected chi connectivity index (χ4v) is 4.89. The van der Waals surface area contributed by atoms with Crippen LogP contribution in [-0.2, 0) is 5.41 Å². The maximum absolute atomic E-state index is 13.9. The fraction of sp³-hybridized carbons (Fsp3) is 0.129. The molecule has 3 aromatic heterocycles. The molecular formula is C31H24F2N4O. The summed E-state index contributed by atoms with van der Waals surface area (Å²) in [4.78, 5) is 22.7. The zero-order chi connectivity index (χ0) is 26.6. The fourth-order valence-electron chi connectivity index (χ4n) is 4.89. The van der Waals surface area contributed by atoms with E-state index in [2.05, 4.69) is 10.2 Å². The van der Waals surface area contributed by atoms with E-state index in [0.717, 1.165) is 27.8 Å². The molecular weight excluding hydrogens is 482 g/mol. The van der Waals surface area contributed by atoms with Crippen molar-refractivity contribution in [3.8, 4) is 33.5 Å². The topological polar surface area (TPSA) is 74.4 Å². The summed E-state index contributed by atoms with van der Waals surface area (Å²) in [5.74, 6) is -0.657. The van der Waals surface area contributed by atoms with Crippen molar-refractivity contribution >= 4 is 21.9 Å². The van der Waals surface area contributed by atoms with E-state index in [0.29, 0.717) is 33.3 Å². The molecule has 38 heavy (non-hydrogen) atoms. The van der Waals surface area contributed by atoms with Gasteiger partial charge in [0.25, 0.3) is 5.56 Å². The molecule has 5 nitrogen and oxygen atoms in total. The summed E-state index contributed by atoms with van der Waals surface area (Å²) in [6.07, 6.45) is 0. The van der Waals surface area contributed by atoms with Crippen molar-refractivity contribution < 1.29 is 8.78 Å². The zero-order valence-corrected chi connectivity index (χ0v) is 21.1. The molecule has 188 valence electrons. The summed E-state index contributed by atoms with van der Waals surface area (Å²) in [6.45, 7) is 6.01. The molecule has 0 fully saturated rings. The first-order valence-electron chi connectivity index (χ1n) is 12.3. The van der Waals surface area contributed by atoms with Crippen molar-refractivity contribution in [2.75, 3.05) is 0 Å². The second-order valence-electron chi connectivity index (χ2n) is 10.4. The highest BCUT2D eigenvalue weighted by atomic mass is 19.1. The summed E-state index contributed by atoms with van der Waals surface area (Å²) >= 11 is 0.